The fourth-order valence-electron chi connectivity index (χ4n) is 3.16. The molecule has 0 aliphatic rings. The third-order valence-electron chi connectivity index (χ3n) is 4.71. The maximum Gasteiger partial charge on any atom is 0.143 e. The number of benzene rings is 2. The Balaban J connectivity index is 1.92. The minimum Gasteiger partial charge on any atom is -0.337 e. The van der Waals surface area contributed by atoms with Crippen LogP contribution in [0.25, 0.3) is 21.3 Å². The summed E-state index contributed by atoms with van der Waals surface area (Å²) in [5, 5.41) is 5.60. The van der Waals surface area contributed by atoms with Crippen molar-refractivity contribution in [3.63, 3.8) is 0 Å². The van der Waals surface area contributed by atoms with Crippen molar-refractivity contribution in [1.82, 2.24) is 9.97 Å². The molecule has 0 unspecified atom stereocenters. The molecule has 7 heteroatoms. The Kier molecular flexibility index (Phi) is 5.23. The van der Waals surface area contributed by atoms with Crippen LogP contribution in [0.5, 0.6) is 0 Å². The lowest BCUT2D eigenvalue weighted by atomic mass is 9.99. The van der Waals surface area contributed by atoms with Gasteiger partial charge in [0.05, 0.1) is 21.1 Å². The standard InChI is InChI=1S/C21H16Cl3N3S/c1-10-4-5-13(6-11(10)2)17-12(3)28-21-18(17)20(25-9-26-21)27-19-15(23)7-14(22)8-16(19)24/h4-9H,1-3H3,(H,25,26,27). The highest BCUT2D eigenvalue weighted by Gasteiger charge is 2.19. The first-order chi connectivity index (χ1) is 13.3. The third-order valence-corrected chi connectivity index (χ3v) is 6.54. The predicted octanol–water partition coefficient (Wildman–Crippen LogP) is 7.99. The van der Waals surface area contributed by atoms with E-state index in [1.807, 2.05) is 0 Å². The van der Waals surface area contributed by atoms with Gasteiger partial charge in [-0.05, 0) is 49.6 Å². The first-order valence-corrected chi connectivity index (χ1v) is 10.5. The number of nitrogens with one attached hydrogen (secondary N) is 1. The second kappa shape index (κ2) is 7.53. The molecule has 4 rings (SSSR count). The van der Waals surface area contributed by atoms with E-state index >= 15 is 0 Å². The van der Waals surface area contributed by atoms with Gasteiger partial charge in [0, 0.05) is 15.5 Å². The normalized spacial score (nSPS) is 11.2. The number of hydrogen-bond acceptors (Lipinski definition) is 4. The molecule has 2 aromatic heterocycles. The van der Waals surface area contributed by atoms with Crippen LogP contribution in [0.4, 0.5) is 11.5 Å². The summed E-state index contributed by atoms with van der Waals surface area (Å²) in [6, 6.07) is 9.77. The molecule has 0 radical (unpaired) electrons. The van der Waals surface area contributed by atoms with Crippen molar-refractivity contribution >= 4 is 67.9 Å². The van der Waals surface area contributed by atoms with E-state index in [1.165, 1.54) is 16.0 Å². The number of nitrogens with zero attached hydrogens (tertiary/aromatic N) is 2. The first kappa shape index (κ1) is 19.5. The molecule has 0 saturated heterocycles. The third kappa shape index (κ3) is 3.46. The summed E-state index contributed by atoms with van der Waals surface area (Å²) >= 11 is 20.4. The molecule has 0 aliphatic carbocycles. The summed E-state index contributed by atoms with van der Waals surface area (Å²) in [5.74, 6) is 0.661. The number of aryl methyl sites for hydroxylation is 3. The van der Waals surface area contributed by atoms with Gasteiger partial charge in [-0.2, -0.15) is 0 Å². The molecule has 0 amide bonds. The number of aromatic nitrogens is 2. The largest absolute Gasteiger partial charge is 0.337 e. The Labute approximate surface area is 182 Å². The Bertz CT molecular complexity index is 1190. The van der Waals surface area contributed by atoms with Crippen LogP contribution in [0, 0.1) is 20.8 Å². The summed E-state index contributed by atoms with van der Waals surface area (Å²) in [4.78, 5) is 11.0. The van der Waals surface area contributed by atoms with Gasteiger partial charge < -0.3 is 5.32 Å². The van der Waals surface area contributed by atoms with Gasteiger partial charge in [0.1, 0.15) is 17.0 Å². The molecule has 28 heavy (non-hydrogen) atoms. The zero-order valence-electron chi connectivity index (χ0n) is 15.4. The number of anilines is 2. The average Bonchev–Trinajstić information content (AvgIpc) is 2.97. The molecular weight excluding hydrogens is 433 g/mol. The summed E-state index contributed by atoms with van der Waals surface area (Å²) in [6.07, 6.45) is 1.54. The van der Waals surface area contributed by atoms with Crippen molar-refractivity contribution in [2.75, 3.05) is 5.32 Å². The van der Waals surface area contributed by atoms with E-state index in [2.05, 4.69) is 54.3 Å². The van der Waals surface area contributed by atoms with Crippen LogP contribution < -0.4 is 5.32 Å². The highest BCUT2D eigenvalue weighted by Crippen LogP contribution is 2.43. The lowest BCUT2D eigenvalue weighted by Crippen LogP contribution is -1.97. The van der Waals surface area contributed by atoms with Gasteiger partial charge in [0.2, 0.25) is 0 Å². The topological polar surface area (TPSA) is 37.8 Å². The van der Waals surface area contributed by atoms with Gasteiger partial charge >= 0.3 is 0 Å². The van der Waals surface area contributed by atoms with Gasteiger partial charge in [0.15, 0.2) is 0 Å². The van der Waals surface area contributed by atoms with Crippen LogP contribution in [0.1, 0.15) is 16.0 Å². The molecule has 4 aromatic rings. The zero-order valence-corrected chi connectivity index (χ0v) is 18.5. The van der Waals surface area contributed by atoms with Crippen molar-refractivity contribution in [2.24, 2.45) is 0 Å². The van der Waals surface area contributed by atoms with Crippen molar-refractivity contribution in [2.45, 2.75) is 20.8 Å². The van der Waals surface area contributed by atoms with Crippen LogP contribution in [-0.4, -0.2) is 9.97 Å². The minimum absolute atomic E-state index is 0.434. The van der Waals surface area contributed by atoms with Crippen molar-refractivity contribution < 1.29 is 0 Å². The molecule has 0 atom stereocenters. The molecule has 3 nitrogen and oxygen atoms in total. The quantitative estimate of drug-likeness (QED) is 0.345. The van der Waals surface area contributed by atoms with Gasteiger partial charge in [-0.3, -0.25) is 0 Å². The molecule has 2 heterocycles. The maximum absolute atomic E-state index is 6.36. The molecule has 142 valence electrons. The van der Waals surface area contributed by atoms with Gasteiger partial charge in [0.25, 0.3) is 0 Å². The molecule has 1 N–H and O–H groups in total. The molecular formula is C21H16Cl3N3S. The van der Waals surface area contributed by atoms with E-state index in [1.54, 1.807) is 29.8 Å². The van der Waals surface area contributed by atoms with Crippen LogP contribution in [0.3, 0.4) is 0 Å². The second-order valence-electron chi connectivity index (χ2n) is 6.60. The summed E-state index contributed by atoms with van der Waals surface area (Å²) < 4.78 is 0. The molecule has 0 spiro atoms. The number of fused-ring (bicyclic) bond motifs is 1. The van der Waals surface area contributed by atoms with E-state index in [9.17, 15) is 0 Å². The fourth-order valence-corrected chi connectivity index (χ4v) is 5.09. The number of hydrogen-bond donors (Lipinski definition) is 1. The molecule has 0 bridgehead atoms. The Morgan fingerprint density at radius 2 is 1.61 bits per heavy atom. The smallest absolute Gasteiger partial charge is 0.143 e. The van der Waals surface area contributed by atoms with Crippen molar-refractivity contribution in [1.29, 1.82) is 0 Å². The minimum atomic E-state index is 0.434. The van der Waals surface area contributed by atoms with Gasteiger partial charge in [-0.15, -0.1) is 11.3 Å². The monoisotopic (exact) mass is 447 g/mol. The number of halogens is 3. The van der Waals surface area contributed by atoms with E-state index in [4.69, 9.17) is 34.8 Å². The van der Waals surface area contributed by atoms with E-state index in [-0.39, 0.29) is 0 Å². The predicted molar refractivity (Wildman–Crippen MR) is 122 cm³/mol. The average molecular weight is 449 g/mol. The zero-order chi connectivity index (χ0) is 20.0. The van der Waals surface area contributed by atoms with E-state index in [0.717, 1.165) is 21.3 Å². The maximum atomic E-state index is 6.36. The second-order valence-corrected chi connectivity index (χ2v) is 9.06. The fraction of sp³-hybridized carbons (Fsp3) is 0.143. The van der Waals surface area contributed by atoms with Gasteiger partial charge in [-0.1, -0.05) is 53.0 Å². The first-order valence-electron chi connectivity index (χ1n) is 8.58. The van der Waals surface area contributed by atoms with Crippen LogP contribution in [-0.2, 0) is 0 Å². The van der Waals surface area contributed by atoms with E-state index < -0.39 is 0 Å². The van der Waals surface area contributed by atoms with Crippen molar-refractivity contribution in [3.8, 4) is 11.1 Å². The Hall–Kier alpha value is -1.85. The van der Waals surface area contributed by atoms with Crippen molar-refractivity contribution in [3.05, 3.63) is 67.7 Å². The summed E-state index contributed by atoms with van der Waals surface area (Å²) in [7, 11) is 0. The van der Waals surface area contributed by atoms with Crippen LogP contribution in [0.2, 0.25) is 15.1 Å². The molecule has 0 aliphatic heterocycles. The molecule has 0 fully saturated rings. The Morgan fingerprint density at radius 3 is 2.29 bits per heavy atom. The lowest BCUT2D eigenvalue weighted by Gasteiger charge is -2.13. The number of rotatable bonds is 3. The van der Waals surface area contributed by atoms with Gasteiger partial charge in [-0.25, -0.2) is 9.97 Å². The summed E-state index contributed by atoms with van der Waals surface area (Å²) in [5.41, 5.74) is 5.33. The molecule has 2 aromatic carbocycles. The summed E-state index contributed by atoms with van der Waals surface area (Å²) in [6.45, 7) is 6.33. The van der Waals surface area contributed by atoms with Crippen LogP contribution >= 0.6 is 46.1 Å². The highest BCUT2D eigenvalue weighted by molar-refractivity contribution is 7.19. The SMILES string of the molecule is Cc1ccc(-c2c(C)sc3ncnc(Nc4c(Cl)cc(Cl)cc4Cl)c23)cc1C. The highest BCUT2D eigenvalue weighted by atomic mass is 35.5. The van der Waals surface area contributed by atoms with Crippen LogP contribution in [0.15, 0.2) is 36.7 Å². The Morgan fingerprint density at radius 1 is 0.893 bits per heavy atom. The lowest BCUT2D eigenvalue weighted by molar-refractivity contribution is 1.23. The molecule has 0 saturated carbocycles. The number of thiophene rings is 1. The van der Waals surface area contributed by atoms with E-state index in [0.29, 0.717) is 26.6 Å².